The first kappa shape index (κ1) is 14.0. The predicted molar refractivity (Wildman–Crippen MR) is 73.4 cm³/mol. The van der Waals surface area contributed by atoms with E-state index in [4.69, 9.17) is 27.6 Å². The average Bonchev–Trinajstić information content (AvgIpc) is 2.77. The first-order chi connectivity index (χ1) is 9.06. The maximum atomic E-state index is 10.8. The number of carbonyl (C=O) groups excluding carboxylic acids is 1. The van der Waals surface area contributed by atoms with E-state index in [1.54, 1.807) is 25.1 Å². The van der Waals surface area contributed by atoms with Crippen LogP contribution in [0.1, 0.15) is 25.7 Å². The van der Waals surface area contributed by atoms with Crippen LogP contribution in [0, 0.1) is 0 Å². The van der Waals surface area contributed by atoms with Crippen molar-refractivity contribution >= 4 is 29.0 Å². The standard InChI is InChI=1S/C13H12Cl2N2O2/c1-8(18)3-2-4-12-16-17-13(19-12)10-6-5-9(14)7-11(10)15/h5-7H,2-4H2,1H3. The molecule has 1 aromatic carbocycles. The van der Waals surface area contributed by atoms with Crippen LogP contribution in [-0.2, 0) is 11.2 Å². The minimum absolute atomic E-state index is 0.153. The minimum atomic E-state index is 0.153. The minimum Gasteiger partial charge on any atom is -0.421 e. The molecule has 0 fully saturated rings. The number of Topliss-reactive ketones (excluding diaryl/α,β-unsaturated/α-hetero) is 1. The predicted octanol–water partition coefficient (Wildman–Crippen LogP) is 3.96. The van der Waals surface area contributed by atoms with Crippen LogP contribution >= 0.6 is 23.2 Å². The highest BCUT2D eigenvalue weighted by molar-refractivity contribution is 6.36. The van der Waals surface area contributed by atoms with Gasteiger partial charge in [-0.2, -0.15) is 0 Å². The van der Waals surface area contributed by atoms with Gasteiger partial charge in [-0.15, -0.1) is 10.2 Å². The topological polar surface area (TPSA) is 56.0 Å². The summed E-state index contributed by atoms with van der Waals surface area (Å²) in [4.78, 5) is 10.8. The molecule has 100 valence electrons. The number of nitrogens with zero attached hydrogens (tertiary/aromatic N) is 2. The van der Waals surface area contributed by atoms with Gasteiger partial charge in [-0.3, -0.25) is 0 Å². The van der Waals surface area contributed by atoms with Gasteiger partial charge in [-0.1, -0.05) is 23.2 Å². The van der Waals surface area contributed by atoms with Gasteiger partial charge in [0.2, 0.25) is 11.8 Å². The molecule has 6 heteroatoms. The molecule has 1 aromatic heterocycles. The van der Waals surface area contributed by atoms with Gasteiger partial charge < -0.3 is 9.21 Å². The highest BCUT2D eigenvalue weighted by Gasteiger charge is 2.12. The SMILES string of the molecule is CC(=O)CCCc1nnc(-c2ccc(Cl)cc2Cl)o1. The summed E-state index contributed by atoms with van der Waals surface area (Å²) in [5, 5.41) is 8.89. The fourth-order valence-electron chi connectivity index (χ4n) is 1.61. The molecular formula is C13H12Cl2N2O2. The van der Waals surface area contributed by atoms with Gasteiger partial charge in [0.25, 0.3) is 0 Å². The van der Waals surface area contributed by atoms with E-state index in [9.17, 15) is 4.79 Å². The van der Waals surface area contributed by atoms with Crippen LogP contribution < -0.4 is 0 Å². The number of carbonyl (C=O) groups is 1. The van der Waals surface area contributed by atoms with Gasteiger partial charge in [0.05, 0.1) is 10.6 Å². The van der Waals surface area contributed by atoms with Gasteiger partial charge >= 0.3 is 0 Å². The lowest BCUT2D eigenvalue weighted by Gasteiger charge is -1.99. The number of hydrogen-bond donors (Lipinski definition) is 0. The summed E-state index contributed by atoms with van der Waals surface area (Å²) in [6, 6.07) is 5.07. The van der Waals surface area contributed by atoms with Gasteiger partial charge in [-0.05, 0) is 31.5 Å². The van der Waals surface area contributed by atoms with Crippen molar-refractivity contribution < 1.29 is 9.21 Å². The maximum Gasteiger partial charge on any atom is 0.249 e. The molecule has 0 unspecified atom stereocenters. The number of rotatable bonds is 5. The molecule has 4 nitrogen and oxygen atoms in total. The number of benzene rings is 1. The molecule has 2 aromatic rings. The van der Waals surface area contributed by atoms with E-state index >= 15 is 0 Å². The van der Waals surface area contributed by atoms with Crippen LogP contribution in [0.15, 0.2) is 22.6 Å². The molecule has 0 saturated heterocycles. The Kier molecular flexibility index (Phi) is 4.56. The van der Waals surface area contributed by atoms with Crippen molar-refractivity contribution in [3.05, 3.63) is 34.1 Å². The fraction of sp³-hybridized carbons (Fsp3) is 0.308. The molecule has 0 N–H and O–H groups in total. The molecular weight excluding hydrogens is 287 g/mol. The lowest BCUT2D eigenvalue weighted by Crippen LogP contribution is -1.92. The number of ketones is 1. The molecule has 0 aliphatic rings. The van der Waals surface area contributed by atoms with Crippen LogP contribution in [0.25, 0.3) is 11.5 Å². The molecule has 0 atom stereocenters. The summed E-state index contributed by atoms with van der Waals surface area (Å²) in [6.45, 7) is 1.56. The Hall–Kier alpha value is -1.39. The highest BCUT2D eigenvalue weighted by atomic mass is 35.5. The van der Waals surface area contributed by atoms with E-state index in [0.29, 0.717) is 46.7 Å². The molecule has 0 radical (unpaired) electrons. The summed E-state index contributed by atoms with van der Waals surface area (Å²) in [5.41, 5.74) is 0.649. The first-order valence-corrected chi connectivity index (χ1v) is 6.59. The number of aryl methyl sites for hydroxylation is 1. The second kappa shape index (κ2) is 6.17. The lowest BCUT2D eigenvalue weighted by atomic mass is 10.2. The third-order valence-corrected chi connectivity index (χ3v) is 3.10. The number of halogens is 2. The van der Waals surface area contributed by atoms with Crippen LogP contribution in [0.3, 0.4) is 0 Å². The first-order valence-electron chi connectivity index (χ1n) is 5.83. The highest BCUT2D eigenvalue weighted by Crippen LogP contribution is 2.29. The zero-order chi connectivity index (χ0) is 13.8. The molecule has 0 saturated carbocycles. The summed E-state index contributed by atoms with van der Waals surface area (Å²) >= 11 is 11.9. The van der Waals surface area contributed by atoms with Gasteiger partial charge in [0, 0.05) is 17.9 Å². The number of aromatic nitrogens is 2. The quantitative estimate of drug-likeness (QED) is 0.838. The summed E-state index contributed by atoms with van der Waals surface area (Å²) < 4.78 is 5.51. The van der Waals surface area contributed by atoms with Crippen molar-refractivity contribution in [3.63, 3.8) is 0 Å². The molecule has 19 heavy (non-hydrogen) atoms. The molecule has 0 bridgehead atoms. The molecule has 1 heterocycles. The molecule has 0 aliphatic heterocycles. The van der Waals surface area contributed by atoms with Crippen LogP contribution in [0.2, 0.25) is 10.0 Å². The van der Waals surface area contributed by atoms with Crippen LogP contribution in [-0.4, -0.2) is 16.0 Å². The average molecular weight is 299 g/mol. The Morgan fingerprint density at radius 3 is 2.79 bits per heavy atom. The fourth-order valence-corrected chi connectivity index (χ4v) is 2.10. The zero-order valence-electron chi connectivity index (χ0n) is 10.3. The molecule has 0 aliphatic carbocycles. The van der Waals surface area contributed by atoms with E-state index in [0.717, 1.165) is 0 Å². The largest absolute Gasteiger partial charge is 0.421 e. The number of hydrogen-bond acceptors (Lipinski definition) is 4. The third-order valence-electron chi connectivity index (χ3n) is 2.55. The van der Waals surface area contributed by atoms with Crippen molar-refractivity contribution in [2.45, 2.75) is 26.2 Å². The van der Waals surface area contributed by atoms with Crippen molar-refractivity contribution in [3.8, 4) is 11.5 Å². The molecule has 0 amide bonds. The normalized spacial score (nSPS) is 10.7. The maximum absolute atomic E-state index is 10.8. The molecule has 0 spiro atoms. The Morgan fingerprint density at radius 1 is 1.32 bits per heavy atom. The molecule has 2 rings (SSSR count). The lowest BCUT2D eigenvalue weighted by molar-refractivity contribution is -0.117. The second-order valence-electron chi connectivity index (χ2n) is 4.18. The van der Waals surface area contributed by atoms with E-state index in [1.807, 2.05) is 0 Å². The smallest absolute Gasteiger partial charge is 0.249 e. The van der Waals surface area contributed by atoms with Gasteiger partial charge in [0.1, 0.15) is 5.78 Å². The monoisotopic (exact) mass is 298 g/mol. The van der Waals surface area contributed by atoms with Crippen LogP contribution in [0.5, 0.6) is 0 Å². The Balaban J connectivity index is 2.10. The third kappa shape index (κ3) is 3.78. The summed E-state index contributed by atoms with van der Waals surface area (Å²) in [6.07, 6.45) is 1.79. The zero-order valence-corrected chi connectivity index (χ0v) is 11.8. The Morgan fingerprint density at radius 2 is 2.11 bits per heavy atom. The van der Waals surface area contributed by atoms with Crippen LogP contribution in [0.4, 0.5) is 0 Å². The van der Waals surface area contributed by atoms with E-state index in [-0.39, 0.29) is 5.78 Å². The summed E-state index contributed by atoms with van der Waals surface area (Å²) in [7, 11) is 0. The van der Waals surface area contributed by atoms with Crippen molar-refractivity contribution in [2.75, 3.05) is 0 Å². The van der Waals surface area contributed by atoms with E-state index in [2.05, 4.69) is 10.2 Å². The summed E-state index contributed by atoms with van der Waals surface area (Å²) in [5.74, 6) is 1.02. The second-order valence-corrected chi connectivity index (χ2v) is 5.02. The van der Waals surface area contributed by atoms with E-state index in [1.165, 1.54) is 0 Å². The van der Waals surface area contributed by atoms with Gasteiger partial charge in [-0.25, -0.2) is 0 Å². The van der Waals surface area contributed by atoms with Crippen molar-refractivity contribution in [2.24, 2.45) is 0 Å². The van der Waals surface area contributed by atoms with Crippen molar-refractivity contribution in [1.29, 1.82) is 0 Å². The Labute approximate surface area is 120 Å². The Bertz CT molecular complexity index is 596. The van der Waals surface area contributed by atoms with Crippen molar-refractivity contribution in [1.82, 2.24) is 10.2 Å². The van der Waals surface area contributed by atoms with Gasteiger partial charge in [0.15, 0.2) is 0 Å². The van der Waals surface area contributed by atoms with E-state index < -0.39 is 0 Å².